The Morgan fingerprint density at radius 1 is 0.203 bits per heavy atom. The Morgan fingerprint density at radius 2 is 0.478 bits per heavy atom. The molecule has 752 valence electrons. The molecule has 0 spiro atoms. The molecular formula is C131H181Cl3F3N. The zero-order chi connectivity index (χ0) is 107. The molecule has 7 heteroatoms. The maximum Gasteiger partial charge on any atom is 0.187 e. The summed E-state index contributed by atoms with van der Waals surface area (Å²) < 4.78 is 38.4. The maximum absolute atomic E-state index is 12.9. The van der Waals surface area contributed by atoms with Crippen molar-refractivity contribution in [3.8, 4) is 0 Å². The lowest BCUT2D eigenvalue weighted by atomic mass is 9.83. The molecule has 0 aliphatic carbocycles. The van der Waals surface area contributed by atoms with Crippen LogP contribution in [0.2, 0.25) is 15.1 Å². The monoisotopic (exact) mass is 1930 g/mol. The van der Waals surface area contributed by atoms with Crippen molar-refractivity contribution in [2.75, 3.05) is 0 Å². The summed E-state index contributed by atoms with van der Waals surface area (Å²) in [4.78, 5) is 3.39. The van der Waals surface area contributed by atoms with Gasteiger partial charge in [0, 0.05) is 15.1 Å². The summed E-state index contributed by atoms with van der Waals surface area (Å²) in [5.74, 6) is -0.529. The molecule has 138 heavy (non-hydrogen) atoms. The lowest BCUT2D eigenvalue weighted by molar-refractivity contribution is 0.579. The van der Waals surface area contributed by atoms with Gasteiger partial charge in [-0.25, -0.2) is 18.0 Å². The first kappa shape index (κ1) is 127. The third-order valence-corrected chi connectivity index (χ3v) is 24.0. The minimum absolute atomic E-state index is 0.0230. The Labute approximate surface area is 858 Å². The molecule has 0 fully saturated rings. The summed E-state index contributed by atoms with van der Waals surface area (Å²) in [6, 6.07) is 87.0. The zero-order valence-corrected chi connectivity index (χ0v) is 96.8. The van der Waals surface area contributed by atoms with E-state index in [4.69, 9.17) is 41.4 Å². The minimum atomic E-state index is -0.284. The topological polar surface area (TPSA) is 4.36 Å². The van der Waals surface area contributed by atoms with Gasteiger partial charge >= 0.3 is 0 Å². The predicted octanol–water partition coefficient (Wildman–Crippen LogP) is 41.8. The highest BCUT2D eigenvalue weighted by Crippen LogP contribution is 2.36. The smallest absolute Gasteiger partial charge is 0.187 e. The first-order chi connectivity index (χ1) is 62.6. The molecule has 0 saturated heterocycles. The van der Waals surface area contributed by atoms with E-state index in [1.807, 2.05) is 93.6 Å². The van der Waals surface area contributed by atoms with Crippen LogP contribution >= 0.6 is 34.8 Å². The van der Waals surface area contributed by atoms with E-state index < -0.39 is 0 Å². The summed E-state index contributed by atoms with van der Waals surface area (Å²) in [7, 11) is 0. The van der Waals surface area contributed by atoms with E-state index in [2.05, 4.69) is 446 Å². The first-order valence-corrected chi connectivity index (χ1v) is 50.2. The van der Waals surface area contributed by atoms with Crippen molar-refractivity contribution in [2.24, 2.45) is 0 Å². The molecule has 12 aromatic carbocycles. The number of halogens is 6. The van der Waals surface area contributed by atoms with Crippen LogP contribution in [0.25, 0.3) is 4.85 Å². The minimum Gasteiger partial charge on any atom is -0.238 e. The Kier molecular flexibility index (Phi) is 50.3. The van der Waals surface area contributed by atoms with E-state index in [1.54, 1.807) is 19.9 Å². The van der Waals surface area contributed by atoms with Gasteiger partial charge in [-0.05, 0) is 271 Å². The fourth-order valence-corrected chi connectivity index (χ4v) is 15.2. The van der Waals surface area contributed by atoms with Crippen LogP contribution in [0.15, 0.2) is 261 Å². The molecule has 0 saturated carbocycles. The third-order valence-electron chi connectivity index (χ3n) is 23.1. The third kappa shape index (κ3) is 49.3. The predicted molar refractivity (Wildman–Crippen MR) is 610 cm³/mol. The molecule has 0 radical (unpaired) electrons. The number of hydrogen-bond donors (Lipinski definition) is 0. The number of rotatable bonds is 0. The van der Waals surface area contributed by atoms with E-state index in [-0.39, 0.29) is 82.4 Å². The quantitative estimate of drug-likeness (QED) is 0.133. The molecule has 12 aromatic rings. The van der Waals surface area contributed by atoms with Crippen molar-refractivity contribution in [3.05, 3.63) is 427 Å². The Hall–Kier alpha value is -9.21. The van der Waals surface area contributed by atoms with Crippen molar-refractivity contribution in [3.63, 3.8) is 0 Å². The molecule has 0 aliphatic rings. The van der Waals surface area contributed by atoms with Crippen LogP contribution in [-0.4, -0.2) is 0 Å². The van der Waals surface area contributed by atoms with Crippen LogP contribution < -0.4 is 0 Å². The fourth-order valence-electron chi connectivity index (χ4n) is 14.0. The molecule has 0 aliphatic heterocycles. The summed E-state index contributed by atoms with van der Waals surface area (Å²) in [5, 5.41) is 2.20. The van der Waals surface area contributed by atoms with Crippen LogP contribution in [0.3, 0.4) is 0 Å². The standard InChI is InChI=1S/C12H18.C11H15Cl.2C11H15F.C11H13N.5C11H16.C10H12ClF.C10H13Cl/c1-9-7-6-8-11(10(9)2)12(3,4)5;1-8-5-9(11(2,3)4)7-10(12)6-8;2*1-8-7-9(11(2,3)4)5-6-10(8)12;1-11(2,3)9-6-5-7-10(8-9)12-4;4*1-9-6-5-7-10(8-9)11(2,3)4;1-9-7-5-6-8-10(9)11(2,3)4;1-10(2,3)8-5-4-7(12)6-9(8)11;1-10(2,3)8-6-4-5-7-9(8)11/h6-8H,1-5H3;3*5-7H,1-4H3;5-8H,1-3H3;5*5-8H,1-4H3;4-6H,1-3H3;4-7H,1-3H3. The van der Waals surface area contributed by atoms with Gasteiger partial charge in [0.15, 0.2) is 5.69 Å². The highest BCUT2D eigenvalue weighted by molar-refractivity contribution is 6.32. The second kappa shape index (κ2) is 54.7. The Balaban J connectivity index is 0.000000753. The summed E-state index contributed by atoms with van der Waals surface area (Å²) >= 11 is 17.8. The number of nitrogens with zero attached hydrogens (tertiary/aromatic N) is 1. The van der Waals surface area contributed by atoms with Crippen LogP contribution in [0.4, 0.5) is 18.9 Å². The van der Waals surface area contributed by atoms with Crippen LogP contribution in [0.1, 0.15) is 372 Å². The van der Waals surface area contributed by atoms with Crippen molar-refractivity contribution in [1.82, 2.24) is 0 Å². The highest BCUT2D eigenvalue weighted by Gasteiger charge is 2.24. The molecule has 0 N–H and O–H groups in total. The van der Waals surface area contributed by atoms with E-state index in [9.17, 15) is 13.2 Å². The molecule has 0 bridgehead atoms. The van der Waals surface area contributed by atoms with Gasteiger partial charge < -0.3 is 0 Å². The summed E-state index contributed by atoms with van der Waals surface area (Å²) in [6.07, 6.45) is 0. The van der Waals surface area contributed by atoms with Gasteiger partial charge in [0.25, 0.3) is 0 Å². The van der Waals surface area contributed by atoms with E-state index in [1.165, 1.54) is 130 Å². The number of benzene rings is 12. The molecule has 0 heterocycles. The summed E-state index contributed by atoms with van der Waals surface area (Å²) in [6.45, 7) is 106. The second-order valence-electron chi connectivity index (χ2n) is 49.3. The first-order valence-electron chi connectivity index (χ1n) is 49.0. The molecule has 0 atom stereocenters. The maximum atomic E-state index is 12.9. The van der Waals surface area contributed by atoms with Crippen LogP contribution in [0, 0.1) is 93.3 Å². The molecule has 0 aromatic heterocycles. The normalized spacial score (nSPS) is 11.6. The zero-order valence-electron chi connectivity index (χ0n) is 94.5. The Bertz CT molecular complexity index is 5360. The van der Waals surface area contributed by atoms with Gasteiger partial charge in [0.2, 0.25) is 0 Å². The van der Waals surface area contributed by atoms with Crippen molar-refractivity contribution < 1.29 is 13.2 Å². The van der Waals surface area contributed by atoms with Gasteiger partial charge in [-0.2, -0.15) is 0 Å². The van der Waals surface area contributed by atoms with Gasteiger partial charge in [0.1, 0.15) is 17.5 Å². The van der Waals surface area contributed by atoms with Crippen molar-refractivity contribution in [1.29, 1.82) is 0 Å². The van der Waals surface area contributed by atoms with Crippen molar-refractivity contribution >= 4 is 40.5 Å². The highest BCUT2D eigenvalue weighted by atomic mass is 35.5. The lowest BCUT2D eigenvalue weighted by Crippen LogP contribution is -2.13. The second-order valence-corrected chi connectivity index (χ2v) is 50.5. The van der Waals surface area contributed by atoms with Gasteiger partial charge in [-0.3, -0.25) is 0 Å². The molecular weight excluding hydrogens is 1750 g/mol. The van der Waals surface area contributed by atoms with E-state index >= 15 is 0 Å². The molecule has 0 amide bonds. The largest absolute Gasteiger partial charge is 0.238 e. The lowest BCUT2D eigenvalue weighted by Gasteiger charge is -2.22. The van der Waals surface area contributed by atoms with Gasteiger partial charge in [0.05, 0.1) is 6.57 Å². The van der Waals surface area contributed by atoms with E-state index in [0.29, 0.717) is 5.02 Å². The molecule has 12 rings (SSSR count). The van der Waals surface area contributed by atoms with Crippen LogP contribution in [-0.2, 0) is 65.0 Å². The van der Waals surface area contributed by atoms with E-state index in [0.717, 1.165) is 32.4 Å². The summed E-state index contributed by atoms with van der Waals surface area (Å²) in [5.41, 5.74) is 31.0. The number of aryl methyl sites for hydroxylation is 9. The fraction of sp³-hybridized carbons (Fsp3) is 0.443. The van der Waals surface area contributed by atoms with Crippen LogP contribution in [0.5, 0.6) is 0 Å². The van der Waals surface area contributed by atoms with Gasteiger partial charge in [-0.1, -0.05) is 530 Å². The number of hydrogen-bond acceptors (Lipinski definition) is 0. The molecule has 0 unspecified atom stereocenters. The average molecular weight is 1930 g/mol. The van der Waals surface area contributed by atoms with Gasteiger partial charge in [-0.15, -0.1) is 0 Å². The SMILES string of the molecule is CC(C)(C)c1ccc(F)cc1Cl.CC(C)(C)c1ccccc1Cl.Cc1cc(C(C)(C)C)ccc1F.Cc1cc(C(C)(C)C)ccc1F.Cc1cc(Cl)cc(C(C)(C)C)c1.Cc1cccc(C(C)(C)C)c1.Cc1cccc(C(C)(C)C)c1.Cc1cccc(C(C)(C)C)c1.Cc1cccc(C(C)(C)C)c1.Cc1cccc(C(C)(C)C)c1C.Cc1ccccc1C(C)(C)C.[C-]#[N+]c1cccc(C(C)(C)C)c1. The van der Waals surface area contributed by atoms with Crippen molar-refractivity contribution in [2.45, 2.75) is 383 Å². The Morgan fingerprint density at radius 3 is 0.739 bits per heavy atom. The molecule has 1 nitrogen and oxygen atoms in total. The average Bonchev–Trinajstić information content (AvgIpc) is 0.831.